The zero-order valence-corrected chi connectivity index (χ0v) is 21.4. The second kappa shape index (κ2) is 13.7. The van der Waals surface area contributed by atoms with Gasteiger partial charge in [0.25, 0.3) is 0 Å². The molecule has 0 spiro atoms. The van der Waals surface area contributed by atoms with Crippen LogP contribution in [0.2, 0.25) is 0 Å². The van der Waals surface area contributed by atoms with Gasteiger partial charge >= 0.3 is 0 Å². The van der Waals surface area contributed by atoms with Crippen LogP contribution in [0.1, 0.15) is 18.6 Å². The van der Waals surface area contributed by atoms with Crippen LogP contribution in [-0.4, -0.2) is 86.8 Å². The van der Waals surface area contributed by atoms with Gasteiger partial charge in [0.05, 0.1) is 33.0 Å². The van der Waals surface area contributed by atoms with Crippen molar-refractivity contribution >= 4 is 28.7 Å². The van der Waals surface area contributed by atoms with Crippen molar-refractivity contribution in [3.05, 3.63) is 36.1 Å². The fraction of sp³-hybridized carbons (Fsp3) is 0.462. The third kappa shape index (κ3) is 7.63. The molecule has 3 heterocycles. The van der Waals surface area contributed by atoms with Crippen LogP contribution in [0.25, 0.3) is 22.5 Å². The average Bonchev–Trinajstić information content (AvgIpc) is 3.36. The number of phenolic OH excluding ortho intramolecular Hbond substituents is 1. The highest BCUT2D eigenvalue weighted by atomic mass is 16.5. The summed E-state index contributed by atoms with van der Waals surface area (Å²) in [7, 11) is 1.53. The molecule has 4 rings (SSSR count). The Kier molecular flexibility index (Phi) is 9.84. The molecule has 2 amide bonds. The van der Waals surface area contributed by atoms with E-state index in [1.165, 1.54) is 7.05 Å². The number of hydrogen-bond acceptors (Lipinski definition) is 10. The predicted octanol–water partition coefficient (Wildman–Crippen LogP) is 1.61. The number of furan rings is 1. The summed E-state index contributed by atoms with van der Waals surface area (Å²) in [5, 5.41) is 15.0. The molecule has 12 nitrogen and oxygen atoms in total. The molecular weight excluding hydrogens is 494 g/mol. The molecule has 0 atom stereocenters. The van der Waals surface area contributed by atoms with Crippen LogP contribution < -0.4 is 15.5 Å². The molecule has 2 aromatic heterocycles. The van der Waals surface area contributed by atoms with Crippen LogP contribution in [0, 0.1) is 0 Å². The Morgan fingerprint density at radius 3 is 2.63 bits per heavy atom. The van der Waals surface area contributed by atoms with Crippen LogP contribution in [0.5, 0.6) is 5.75 Å². The number of anilines is 1. The Balaban J connectivity index is 1.29. The Bertz CT molecular complexity index is 1230. The number of benzene rings is 1. The summed E-state index contributed by atoms with van der Waals surface area (Å²) in [6, 6.07) is 8.75. The predicted molar refractivity (Wildman–Crippen MR) is 139 cm³/mol. The summed E-state index contributed by atoms with van der Waals surface area (Å²) in [5.41, 5.74) is 2.02. The van der Waals surface area contributed by atoms with E-state index < -0.39 is 0 Å². The number of carbonyl (C=O) groups is 2. The van der Waals surface area contributed by atoms with Gasteiger partial charge in [-0.25, -0.2) is 9.97 Å². The quantitative estimate of drug-likeness (QED) is 0.221. The first-order valence-electron chi connectivity index (χ1n) is 12.6. The zero-order valence-electron chi connectivity index (χ0n) is 21.4. The number of hydrogen-bond donors (Lipinski definition) is 3. The third-order valence-electron chi connectivity index (χ3n) is 5.91. The van der Waals surface area contributed by atoms with Crippen molar-refractivity contribution in [3.63, 3.8) is 0 Å². The van der Waals surface area contributed by atoms with E-state index in [1.807, 2.05) is 12.1 Å². The normalized spacial score (nSPS) is 13.6. The van der Waals surface area contributed by atoms with Crippen molar-refractivity contribution < 1.29 is 33.3 Å². The van der Waals surface area contributed by atoms with Gasteiger partial charge in [0.2, 0.25) is 11.8 Å². The lowest BCUT2D eigenvalue weighted by Gasteiger charge is -2.27. The van der Waals surface area contributed by atoms with Crippen molar-refractivity contribution in [3.8, 4) is 17.1 Å². The lowest BCUT2D eigenvalue weighted by Crippen LogP contribution is -2.37. The molecule has 3 N–H and O–H groups in total. The lowest BCUT2D eigenvalue weighted by molar-refractivity contribution is -0.127. The molecule has 3 aromatic rings. The highest BCUT2D eigenvalue weighted by Gasteiger charge is 2.21. The fourth-order valence-electron chi connectivity index (χ4n) is 3.89. The number of phenols is 1. The largest absolute Gasteiger partial charge is 0.508 e. The molecule has 1 aliphatic rings. The van der Waals surface area contributed by atoms with E-state index in [1.54, 1.807) is 18.2 Å². The molecular formula is C26H33N5O7. The minimum atomic E-state index is -0.244. The summed E-state index contributed by atoms with van der Waals surface area (Å²) in [5.74, 6) is 1.66. The van der Waals surface area contributed by atoms with Gasteiger partial charge in [0.1, 0.15) is 23.8 Å². The molecule has 0 aliphatic carbocycles. The van der Waals surface area contributed by atoms with Crippen LogP contribution in [-0.2, 0) is 30.2 Å². The summed E-state index contributed by atoms with van der Waals surface area (Å²) >= 11 is 0. The number of carbonyl (C=O) groups excluding carboxylic acids is 2. The van der Waals surface area contributed by atoms with E-state index in [0.29, 0.717) is 75.3 Å². The SMILES string of the molecule is CNC(=O)CCC(=O)NCOCCOCCc1cc2nc(-c3cccc(O)c3)nc(N3CCOCC3)c2o1. The van der Waals surface area contributed by atoms with Crippen molar-refractivity contribution in [2.24, 2.45) is 0 Å². The number of morpholine rings is 1. The van der Waals surface area contributed by atoms with Gasteiger partial charge in [-0.1, -0.05) is 12.1 Å². The Morgan fingerprint density at radius 2 is 1.84 bits per heavy atom. The first kappa shape index (κ1) is 27.3. The molecule has 0 saturated carbocycles. The number of aromatic hydroxyl groups is 1. The summed E-state index contributed by atoms with van der Waals surface area (Å²) in [6.07, 6.45) is 0.796. The van der Waals surface area contributed by atoms with E-state index in [2.05, 4.69) is 15.5 Å². The van der Waals surface area contributed by atoms with Crippen molar-refractivity contribution in [2.45, 2.75) is 19.3 Å². The topological polar surface area (TPSA) is 148 Å². The van der Waals surface area contributed by atoms with E-state index in [-0.39, 0.29) is 37.1 Å². The Morgan fingerprint density at radius 1 is 1.05 bits per heavy atom. The molecule has 1 saturated heterocycles. The number of rotatable bonds is 13. The Labute approximate surface area is 220 Å². The molecule has 38 heavy (non-hydrogen) atoms. The summed E-state index contributed by atoms with van der Waals surface area (Å²) in [6.45, 7) is 3.75. The number of nitrogens with zero attached hydrogens (tertiary/aromatic N) is 3. The fourth-order valence-corrected chi connectivity index (χ4v) is 3.89. The van der Waals surface area contributed by atoms with Crippen LogP contribution in [0.3, 0.4) is 0 Å². The van der Waals surface area contributed by atoms with Gasteiger partial charge in [-0.15, -0.1) is 0 Å². The van der Waals surface area contributed by atoms with Crippen LogP contribution in [0.15, 0.2) is 34.7 Å². The monoisotopic (exact) mass is 527 g/mol. The second-order valence-electron chi connectivity index (χ2n) is 8.64. The first-order chi connectivity index (χ1) is 18.5. The summed E-state index contributed by atoms with van der Waals surface area (Å²) < 4.78 is 22.6. The number of aromatic nitrogens is 2. The highest BCUT2D eigenvalue weighted by molar-refractivity contribution is 5.87. The maximum atomic E-state index is 11.6. The highest BCUT2D eigenvalue weighted by Crippen LogP contribution is 2.31. The molecule has 12 heteroatoms. The van der Waals surface area contributed by atoms with Gasteiger partial charge in [-0.3, -0.25) is 9.59 Å². The second-order valence-corrected chi connectivity index (χ2v) is 8.64. The molecule has 204 valence electrons. The minimum Gasteiger partial charge on any atom is -0.508 e. The van der Waals surface area contributed by atoms with Crippen molar-refractivity contribution in [2.75, 3.05) is 64.8 Å². The van der Waals surface area contributed by atoms with E-state index >= 15 is 0 Å². The van der Waals surface area contributed by atoms with E-state index in [0.717, 1.165) is 11.3 Å². The first-order valence-corrected chi connectivity index (χ1v) is 12.6. The van der Waals surface area contributed by atoms with Gasteiger partial charge in [0, 0.05) is 51.0 Å². The number of amides is 2. The molecule has 1 aromatic carbocycles. The maximum absolute atomic E-state index is 11.6. The lowest BCUT2D eigenvalue weighted by atomic mass is 10.2. The summed E-state index contributed by atoms with van der Waals surface area (Å²) in [4.78, 5) is 34.4. The van der Waals surface area contributed by atoms with Gasteiger partial charge in [-0.2, -0.15) is 0 Å². The zero-order chi connectivity index (χ0) is 26.7. The Hall–Kier alpha value is -3.74. The maximum Gasteiger partial charge on any atom is 0.222 e. The standard InChI is InChI=1S/C26H33N5O7/c1-27-22(33)5-6-23(34)28-17-37-14-13-35-10-7-20-16-21-24(38-20)26(31-8-11-36-12-9-31)30-25(29-21)18-3-2-4-19(32)15-18/h2-4,15-16,32H,5-14,17H2,1H3,(H,27,33)(H,28,34). The van der Waals surface area contributed by atoms with Gasteiger partial charge < -0.3 is 39.3 Å². The van der Waals surface area contributed by atoms with E-state index in [9.17, 15) is 14.7 Å². The number of nitrogens with one attached hydrogen (secondary N) is 2. The molecule has 0 unspecified atom stereocenters. The number of fused-ring (bicyclic) bond motifs is 1. The smallest absolute Gasteiger partial charge is 0.222 e. The minimum absolute atomic E-state index is 0.0595. The van der Waals surface area contributed by atoms with Gasteiger partial charge in [-0.05, 0) is 12.1 Å². The number of ether oxygens (including phenoxy) is 3. The van der Waals surface area contributed by atoms with Gasteiger partial charge in [0.15, 0.2) is 17.2 Å². The van der Waals surface area contributed by atoms with Crippen LogP contribution >= 0.6 is 0 Å². The van der Waals surface area contributed by atoms with Crippen LogP contribution in [0.4, 0.5) is 5.82 Å². The van der Waals surface area contributed by atoms with E-state index in [4.69, 9.17) is 28.6 Å². The molecule has 0 bridgehead atoms. The average molecular weight is 528 g/mol. The third-order valence-corrected chi connectivity index (χ3v) is 5.91. The molecule has 1 aliphatic heterocycles. The molecule has 1 fully saturated rings. The molecule has 0 radical (unpaired) electrons. The van der Waals surface area contributed by atoms with Crippen molar-refractivity contribution in [1.82, 2.24) is 20.6 Å². The van der Waals surface area contributed by atoms with Crippen molar-refractivity contribution in [1.29, 1.82) is 0 Å².